The summed E-state index contributed by atoms with van der Waals surface area (Å²) in [7, 11) is 0. The summed E-state index contributed by atoms with van der Waals surface area (Å²) < 4.78 is 7.76. The molecule has 1 atom stereocenters. The molecule has 1 unspecified atom stereocenters. The molecule has 158 valence electrons. The fourth-order valence-corrected chi connectivity index (χ4v) is 4.26. The van der Waals surface area contributed by atoms with Gasteiger partial charge in [-0.1, -0.05) is 18.2 Å². The molecule has 0 aliphatic carbocycles. The molecule has 10 heteroatoms. The summed E-state index contributed by atoms with van der Waals surface area (Å²) in [5, 5.41) is 20.8. The minimum Gasteiger partial charge on any atom is -0.484 e. The van der Waals surface area contributed by atoms with E-state index < -0.39 is 16.9 Å². The van der Waals surface area contributed by atoms with E-state index in [1.165, 1.54) is 6.07 Å². The fourth-order valence-electron chi connectivity index (χ4n) is 3.31. The first-order valence-corrected chi connectivity index (χ1v) is 10.1. The second-order valence-corrected chi connectivity index (χ2v) is 7.86. The number of nitro groups is 1. The van der Waals surface area contributed by atoms with E-state index in [-0.39, 0.29) is 22.9 Å². The van der Waals surface area contributed by atoms with Crippen LogP contribution in [0.4, 0.5) is 5.69 Å². The largest absolute Gasteiger partial charge is 0.484 e. The number of thiophene rings is 1. The summed E-state index contributed by atoms with van der Waals surface area (Å²) >= 11 is 1.14. The van der Waals surface area contributed by atoms with Gasteiger partial charge in [-0.3, -0.25) is 19.3 Å². The number of pyridine rings is 1. The number of carbonyl (C=O) groups is 1. The van der Waals surface area contributed by atoms with Crippen molar-refractivity contribution in [3.8, 4) is 16.3 Å². The second kappa shape index (κ2) is 8.17. The van der Waals surface area contributed by atoms with Gasteiger partial charge in [0.25, 0.3) is 11.6 Å². The molecule has 0 bridgehead atoms. The van der Waals surface area contributed by atoms with E-state index in [4.69, 9.17) is 10.5 Å². The Bertz CT molecular complexity index is 1300. The highest BCUT2D eigenvalue weighted by molar-refractivity contribution is 7.17. The minimum absolute atomic E-state index is 0.0654. The van der Waals surface area contributed by atoms with Gasteiger partial charge in [0.05, 0.1) is 33.9 Å². The van der Waals surface area contributed by atoms with Gasteiger partial charge in [-0.15, -0.1) is 11.3 Å². The molecule has 31 heavy (non-hydrogen) atoms. The number of nitrogens with two attached hydrogens (primary N) is 1. The van der Waals surface area contributed by atoms with Crippen molar-refractivity contribution in [2.24, 2.45) is 5.73 Å². The molecule has 1 amide bonds. The van der Waals surface area contributed by atoms with Crippen LogP contribution in [0.25, 0.3) is 16.2 Å². The second-order valence-electron chi connectivity index (χ2n) is 6.81. The molecule has 4 rings (SSSR count). The summed E-state index contributed by atoms with van der Waals surface area (Å²) in [6.45, 7) is 1.55. The highest BCUT2D eigenvalue weighted by Gasteiger charge is 2.24. The Kier molecular flexibility index (Phi) is 5.40. The van der Waals surface area contributed by atoms with Crippen molar-refractivity contribution in [3.63, 3.8) is 0 Å². The van der Waals surface area contributed by atoms with Crippen LogP contribution in [0, 0.1) is 10.1 Å². The van der Waals surface area contributed by atoms with Gasteiger partial charge in [-0.2, -0.15) is 0 Å². The van der Waals surface area contributed by atoms with Crippen LogP contribution in [-0.4, -0.2) is 25.3 Å². The third-order valence-corrected chi connectivity index (χ3v) is 5.95. The molecule has 9 nitrogen and oxygen atoms in total. The van der Waals surface area contributed by atoms with Crippen molar-refractivity contribution in [2.75, 3.05) is 0 Å². The molecule has 0 fully saturated rings. The number of hydrogen-bond acceptors (Lipinski definition) is 7. The number of benzene rings is 1. The quantitative estimate of drug-likeness (QED) is 0.334. The molecule has 3 N–H and O–H groups in total. The van der Waals surface area contributed by atoms with Crippen molar-refractivity contribution < 1.29 is 19.6 Å². The van der Waals surface area contributed by atoms with Crippen molar-refractivity contribution in [3.05, 3.63) is 81.0 Å². The molecule has 0 saturated heterocycles. The zero-order valence-corrected chi connectivity index (χ0v) is 17.2. The number of primary amides is 1. The number of ether oxygens (including phenoxy) is 1. The van der Waals surface area contributed by atoms with E-state index in [0.717, 1.165) is 11.3 Å². The highest BCUT2D eigenvalue weighted by Crippen LogP contribution is 2.39. The van der Waals surface area contributed by atoms with Gasteiger partial charge in [0.15, 0.2) is 0 Å². The van der Waals surface area contributed by atoms with E-state index in [0.29, 0.717) is 27.3 Å². The van der Waals surface area contributed by atoms with Gasteiger partial charge in [0.2, 0.25) is 0 Å². The summed E-state index contributed by atoms with van der Waals surface area (Å²) in [5.74, 6) is -0.419. The number of nitrogens with zero attached hydrogens (tertiary/aromatic N) is 3. The molecular formula is C21H18N4O5S. The molecule has 0 aliphatic heterocycles. The van der Waals surface area contributed by atoms with E-state index in [9.17, 15) is 20.0 Å². The highest BCUT2D eigenvalue weighted by atomic mass is 32.1. The van der Waals surface area contributed by atoms with E-state index in [2.05, 4.69) is 4.98 Å². The van der Waals surface area contributed by atoms with Gasteiger partial charge >= 0.3 is 0 Å². The Balaban J connectivity index is 1.74. The lowest BCUT2D eigenvalue weighted by molar-refractivity contribution is -0.386. The molecule has 0 radical (unpaired) electrons. The standard InChI is InChI=1S/C21H18N4O5S/c1-12(14-4-2-3-5-15(14)25(28)29)30-17-8-18(31-20(17)21(22)27)16-9-23-19-7-6-13(11-26)10-24(16)19/h2-10,12,26H,11H2,1H3,(H2,22,27). The molecule has 3 aromatic heterocycles. The predicted molar refractivity (Wildman–Crippen MR) is 115 cm³/mol. The summed E-state index contributed by atoms with van der Waals surface area (Å²) in [6, 6.07) is 11.5. The molecule has 0 saturated carbocycles. The number of carbonyl (C=O) groups excluding carboxylic acids is 1. The van der Waals surface area contributed by atoms with Crippen LogP contribution >= 0.6 is 11.3 Å². The van der Waals surface area contributed by atoms with Crippen molar-refractivity contribution in [2.45, 2.75) is 19.6 Å². The Morgan fingerprint density at radius 2 is 2.13 bits per heavy atom. The van der Waals surface area contributed by atoms with Crippen LogP contribution in [0.3, 0.4) is 0 Å². The lowest BCUT2D eigenvalue weighted by Gasteiger charge is -2.14. The number of imidazole rings is 1. The average molecular weight is 438 g/mol. The number of nitro benzene ring substituents is 1. The number of aliphatic hydroxyl groups excluding tert-OH is 1. The number of aliphatic hydroxyl groups is 1. The maximum absolute atomic E-state index is 12.1. The Hall–Kier alpha value is -3.76. The maximum atomic E-state index is 12.1. The third kappa shape index (κ3) is 3.86. The molecule has 1 aromatic carbocycles. The van der Waals surface area contributed by atoms with Crippen molar-refractivity contribution in [1.82, 2.24) is 9.38 Å². The zero-order valence-electron chi connectivity index (χ0n) is 16.4. The van der Waals surface area contributed by atoms with Gasteiger partial charge < -0.3 is 15.6 Å². The van der Waals surface area contributed by atoms with Gasteiger partial charge in [0.1, 0.15) is 22.4 Å². The number of rotatable bonds is 7. The lowest BCUT2D eigenvalue weighted by Crippen LogP contribution is -2.12. The average Bonchev–Trinajstić information content (AvgIpc) is 3.37. The van der Waals surface area contributed by atoms with Crippen LogP contribution in [0.5, 0.6) is 5.75 Å². The third-order valence-electron chi connectivity index (χ3n) is 4.80. The number of fused-ring (bicyclic) bond motifs is 1. The van der Waals surface area contributed by atoms with Gasteiger partial charge in [-0.05, 0) is 24.6 Å². The van der Waals surface area contributed by atoms with E-state index >= 15 is 0 Å². The molecule has 0 spiro atoms. The van der Waals surface area contributed by atoms with Crippen molar-refractivity contribution in [1.29, 1.82) is 0 Å². The molecule has 3 heterocycles. The summed E-state index contributed by atoms with van der Waals surface area (Å²) in [4.78, 5) is 28.2. The van der Waals surface area contributed by atoms with Crippen LogP contribution in [0.2, 0.25) is 0 Å². The molecule has 4 aromatic rings. The Morgan fingerprint density at radius 3 is 2.84 bits per heavy atom. The van der Waals surface area contributed by atoms with Gasteiger partial charge in [0, 0.05) is 18.3 Å². The van der Waals surface area contributed by atoms with Crippen molar-refractivity contribution >= 4 is 28.6 Å². The first-order valence-electron chi connectivity index (χ1n) is 9.30. The predicted octanol–water partition coefficient (Wildman–Crippen LogP) is 3.70. The topological polar surface area (TPSA) is 133 Å². The number of aromatic nitrogens is 2. The Labute approximate surface area is 180 Å². The smallest absolute Gasteiger partial charge is 0.276 e. The maximum Gasteiger partial charge on any atom is 0.276 e. The number of para-hydroxylation sites is 1. The molecule has 0 aliphatic rings. The monoisotopic (exact) mass is 438 g/mol. The van der Waals surface area contributed by atoms with Gasteiger partial charge in [-0.25, -0.2) is 4.98 Å². The van der Waals surface area contributed by atoms with Crippen LogP contribution in [-0.2, 0) is 6.61 Å². The molecular weight excluding hydrogens is 420 g/mol. The SMILES string of the molecule is CC(Oc1cc(-c2cnc3ccc(CO)cn23)sc1C(N)=O)c1ccccc1[N+](=O)[O-]. The first kappa shape index (κ1) is 20.5. The van der Waals surface area contributed by atoms with E-state index in [1.807, 2.05) is 0 Å². The van der Waals surface area contributed by atoms with Crippen LogP contribution in [0.15, 0.2) is 54.9 Å². The summed E-state index contributed by atoms with van der Waals surface area (Å²) in [6.07, 6.45) is 2.73. The lowest BCUT2D eigenvalue weighted by atomic mass is 10.1. The first-order chi connectivity index (χ1) is 14.9. The Morgan fingerprint density at radius 1 is 1.35 bits per heavy atom. The normalized spacial score (nSPS) is 12.1. The summed E-state index contributed by atoms with van der Waals surface area (Å²) in [5.41, 5.74) is 7.97. The number of hydrogen-bond donors (Lipinski definition) is 2. The number of amides is 1. The minimum atomic E-state index is -0.690. The fraction of sp³-hybridized carbons (Fsp3) is 0.143. The van der Waals surface area contributed by atoms with E-state index in [1.54, 1.807) is 60.1 Å². The zero-order chi connectivity index (χ0) is 22.1. The van der Waals surface area contributed by atoms with Crippen LogP contribution in [0.1, 0.15) is 33.8 Å². The van der Waals surface area contributed by atoms with Crippen LogP contribution < -0.4 is 10.5 Å².